The van der Waals surface area contributed by atoms with Crippen molar-refractivity contribution in [1.29, 1.82) is 0 Å². The van der Waals surface area contributed by atoms with Gasteiger partial charge in [0, 0.05) is 91.1 Å². The molecule has 84 heavy (non-hydrogen) atoms. The second kappa shape index (κ2) is 32.9. The highest BCUT2D eigenvalue weighted by atomic mass is 16.7. The van der Waals surface area contributed by atoms with E-state index < -0.39 is 151 Å². The fourth-order valence-electron chi connectivity index (χ4n) is 12.4. The molecule has 0 spiro atoms. The highest BCUT2D eigenvalue weighted by Gasteiger charge is 2.53. The summed E-state index contributed by atoms with van der Waals surface area (Å²) in [7, 11) is 7.44. The Labute approximate surface area is 497 Å². The molecule has 4 saturated heterocycles. The van der Waals surface area contributed by atoms with E-state index in [4.69, 9.17) is 66.4 Å². The summed E-state index contributed by atoms with van der Waals surface area (Å²) >= 11 is 0. The van der Waals surface area contributed by atoms with Gasteiger partial charge in [-0.2, -0.15) is 0 Å². The van der Waals surface area contributed by atoms with Gasteiger partial charge in [0.15, 0.2) is 36.5 Å². The Kier molecular flexibility index (Phi) is 27.7. The summed E-state index contributed by atoms with van der Waals surface area (Å²) in [6, 6.07) is 9.07. The second-order valence-electron chi connectivity index (χ2n) is 24.4. The summed E-state index contributed by atoms with van der Waals surface area (Å²) in [4.78, 5) is 67.2. The molecule has 3 N–H and O–H groups in total. The zero-order valence-corrected chi connectivity index (χ0v) is 53.0. The maximum atomic E-state index is 15.9. The van der Waals surface area contributed by atoms with Crippen molar-refractivity contribution < 1.29 is 95.8 Å². The molecule has 23 nitrogen and oxygen atoms in total. The van der Waals surface area contributed by atoms with Gasteiger partial charge in [-0.15, -0.1) is 0 Å². The molecule has 0 radical (unpaired) electrons. The van der Waals surface area contributed by atoms with Gasteiger partial charge in [0.25, 0.3) is 0 Å². The number of ether oxygens (including phenoxy) is 13. The van der Waals surface area contributed by atoms with Gasteiger partial charge < -0.3 is 81.9 Å². The van der Waals surface area contributed by atoms with Crippen molar-refractivity contribution in [2.75, 3.05) is 55.2 Å². The number of ketones is 1. The normalized spacial score (nSPS) is 37.9. The zero-order chi connectivity index (χ0) is 62.3. The summed E-state index contributed by atoms with van der Waals surface area (Å²) < 4.78 is 82.0. The number of carbonyl (C=O) groups excluding carboxylic acids is 4. The Hall–Kier alpha value is -3.95. The van der Waals surface area contributed by atoms with Crippen molar-refractivity contribution in [3.8, 4) is 0 Å². The number of methoxy groups -OCH3 is 4. The largest absolute Gasteiger partial charge is 0.461 e. The number of hydrogen-bond acceptors (Lipinski definition) is 22. The van der Waals surface area contributed by atoms with Crippen LogP contribution in [-0.4, -0.2) is 204 Å². The molecule has 5 rings (SSSR count). The van der Waals surface area contributed by atoms with E-state index in [1.54, 1.807) is 55.8 Å². The number of benzene rings is 1. The second-order valence-corrected chi connectivity index (χ2v) is 24.4. The number of nitrogens with zero attached hydrogens (tertiary/aromatic N) is 2. The van der Waals surface area contributed by atoms with Crippen molar-refractivity contribution in [2.45, 2.75) is 226 Å². The predicted octanol–water partition coefficient (Wildman–Crippen LogP) is 6.20. The lowest BCUT2D eigenvalue weighted by Gasteiger charge is -2.45. The molecule has 1 amide bonds. The molecule has 0 bridgehead atoms. The van der Waals surface area contributed by atoms with Gasteiger partial charge in [0.2, 0.25) is 0 Å². The van der Waals surface area contributed by atoms with Crippen LogP contribution in [0.2, 0.25) is 0 Å². The maximum Gasteiger partial charge on any atom is 0.408 e. The number of carbonyl (C=O) groups is 4. The molecule has 0 aliphatic carbocycles. The maximum absolute atomic E-state index is 15.9. The van der Waals surface area contributed by atoms with Gasteiger partial charge in [-0.3, -0.25) is 19.3 Å². The zero-order valence-electron chi connectivity index (χ0n) is 53.0. The molecule has 4 fully saturated rings. The molecule has 4 heterocycles. The molecule has 0 aromatic heterocycles. The first-order chi connectivity index (χ1) is 39.7. The summed E-state index contributed by atoms with van der Waals surface area (Å²) in [6.07, 6.45) is -14.7. The fraction of sp³-hybridized carbons (Fsp3) is 0.820. The van der Waals surface area contributed by atoms with Crippen LogP contribution in [-0.2, 0) is 87.3 Å². The van der Waals surface area contributed by atoms with E-state index in [1.165, 1.54) is 28.3 Å². The van der Waals surface area contributed by atoms with Crippen LogP contribution in [0.4, 0.5) is 4.79 Å². The highest BCUT2D eigenvalue weighted by molar-refractivity contribution is 5.91. The van der Waals surface area contributed by atoms with Crippen LogP contribution < -0.4 is 5.32 Å². The first-order valence-electron chi connectivity index (χ1n) is 29.9. The molecular weight excluding hydrogens is 1090 g/mol. The molecule has 4 aliphatic rings. The van der Waals surface area contributed by atoms with Crippen LogP contribution in [0.15, 0.2) is 35.5 Å². The van der Waals surface area contributed by atoms with E-state index in [0.29, 0.717) is 19.5 Å². The van der Waals surface area contributed by atoms with Crippen molar-refractivity contribution in [3.05, 3.63) is 35.9 Å². The minimum Gasteiger partial charge on any atom is -0.461 e. The first-order valence-corrected chi connectivity index (χ1v) is 29.9. The molecule has 0 saturated carbocycles. The van der Waals surface area contributed by atoms with Gasteiger partial charge in [-0.05, 0) is 65.4 Å². The average molecular weight is 1200 g/mol. The van der Waals surface area contributed by atoms with E-state index in [0.717, 1.165) is 5.56 Å². The lowest BCUT2D eigenvalue weighted by molar-refractivity contribution is -0.305. The van der Waals surface area contributed by atoms with Gasteiger partial charge in [-0.1, -0.05) is 84.0 Å². The lowest BCUT2D eigenvalue weighted by Crippen LogP contribution is -2.59. The molecule has 23 heteroatoms. The van der Waals surface area contributed by atoms with Crippen LogP contribution in [0, 0.1) is 41.4 Å². The van der Waals surface area contributed by atoms with E-state index in [1.807, 2.05) is 71.9 Å². The molecule has 1 unspecified atom stereocenters. The van der Waals surface area contributed by atoms with Crippen molar-refractivity contribution in [1.82, 2.24) is 10.2 Å². The number of rotatable bonds is 21. The number of amides is 1. The lowest BCUT2D eigenvalue weighted by atomic mass is 9.74. The number of hydrogen-bond donors (Lipinski definition) is 3. The Bertz CT molecular complexity index is 2230. The predicted molar refractivity (Wildman–Crippen MR) is 307 cm³/mol. The Morgan fingerprint density at radius 3 is 2.08 bits per heavy atom. The molecule has 4 aliphatic heterocycles. The number of aliphatic hydroxyl groups excluding tert-OH is 2. The van der Waals surface area contributed by atoms with Crippen LogP contribution in [0.3, 0.4) is 0 Å². The Morgan fingerprint density at radius 2 is 1.46 bits per heavy atom. The van der Waals surface area contributed by atoms with E-state index >= 15 is 9.59 Å². The minimum atomic E-state index is -1.98. The minimum absolute atomic E-state index is 0.00286. The van der Waals surface area contributed by atoms with Crippen LogP contribution in [0.5, 0.6) is 0 Å². The summed E-state index contributed by atoms with van der Waals surface area (Å²) in [5.41, 5.74) is -0.923. The quantitative estimate of drug-likeness (QED) is 0.0536. The number of Topliss-reactive ketones (excluding diaryl/α,β-unsaturated/α-hetero) is 1. The average Bonchev–Trinajstić information content (AvgIpc) is 2.15. The third kappa shape index (κ3) is 18.8. The van der Waals surface area contributed by atoms with Crippen molar-refractivity contribution in [3.63, 3.8) is 0 Å². The molecular formula is C61H101N3O20. The monoisotopic (exact) mass is 1200 g/mol. The summed E-state index contributed by atoms with van der Waals surface area (Å²) in [5.74, 6) is -7.62. The Morgan fingerprint density at radius 1 is 0.798 bits per heavy atom. The van der Waals surface area contributed by atoms with Crippen molar-refractivity contribution in [2.24, 2.45) is 46.6 Å². The Balaban J connectivity index is 1.71. The molecule has 22 atom stereocenters. The third-order valence-corrected chi connectivity index (χ3v) is 16.9. The topological polar surface area (TPSA) is 266 Å². The highest BCUT2D eigenvalue weighted by Crippen LogP contribution is 2.41. The first kappa shape index (κ1) is 70.8. The molecule has 1 aromatic carbocycles. The summed E-state index contributed by atoms with van der Waals surface area (Å²) in [6.45, 7) is 24.1. The number of esters is 2. The van der Waals surface area contributed by atoms with E-state index in [2.05, 4.69) is 15.4 Å². The van der Waals surface area contributed by atoms with Crippen LogP contribution in [0.25, 0.3) is 0 Å². The van der Waals surface area contributed by atoms with Gasteiger partial charge in [0.1, 0.15) is 43.7 Å². The standard InChI is InChI=1S/C61H101N3O20/c1-32(2)24-45(65)80-52-39(9)51(34(4)31-76-59-55(74-17)54(73-16)48(66)42(12)79-59)82-57(69)41(11)53(81-46-25-35(5)64(29-37(7)77-46)30-47(71-14)72-15)38(8)50(83-58-49(67)44(63-75-18)26-36(6)78-58)33(3)27-61(13,56(68)40(52)10)84-60(70)62-28-43-22-20-19-21-23-43/h19-23,32-42,46-55,58-59,66-67H,24-31H2,1-18H3,(H,62,70)/t33-,34-,35?,36+,37-,38+,39-,40+,41+,42+,46-,48+,49+,50-,51+,52+,53-,54+,55+,58-,59+,61-/m0/s1. The number of nitrogens with one attached hydrogen (secondary N) is 1. The van der Waals surface area contributed by atoms with Crippen molar-refractivity contribution >= 4 is 29.5 Å². The number of oxime groups is 1. The van der Waals surface area contributed by atoms with Crippen LogP contribution in [0.1, 0.15) is 121 Å². The number of aliphatic hydroxyl groups is 2. The van der Waals surface area contributed by atoms with Gasteiger partial charge >= 0.3 is 18.0 Å². The molecule has 480 valence electrons. The van der Waals surface area contributed by atoms with Crippen LogP contribution >= 0.6 is 0 Å². The number of alkyl carbamates (subject to hydrolysis) is 1. The third-order valence-electron chi connectivity index (χ3n) is 16.9. The number of cyclic esters (lactones) is 1. The molecule has 1 aromatic rings. The fourth-order valence-corrected chi connectivity index (χ4v) is 12.4. The summed E-state index contributed by atoms with van der Waals surface area (Å²) in [5, 5.41) is 29.8. The van der Waals surface area contributed by atoms with Gasteiger partial charge in [0.05, 0.1) is 54.7 Å². The smallest absolute Gasteiger partial charge is 0.408 e. The van der Waals surface area contributed by atoms with E-state index in [-0.39, 0.29) is 56.2 Å². The SMILES string of the molecule is CON=C1C[C@@H](C)O[C@@H](O[C@@H]2[C@@H](C)[C@H](O[C@H]3CC(C)N(CC(OC)OC)C[C@H](C)O3)[C@@H](C)C(=O)O[C@H]([C@@H](C)CO[C@@H]3O[C@H](C)[C@@H](O)[C@@H](OC)[C@H]3OC)[C@H](C)[C@@H](OC(=O)CC(C)C)[C@@H](C)C(=O)[C@@](C)(OC(=O)NCc3ccccc3)C[C@@H]2C)[C@@H]1O. The van der Waals surface area contributed by atoms with Gasteiger partial charge in [-0.25, -0.2) is 4.79 Å². The van der Waals surface area contributed by atoms with E-state index in [9.17, 15) is 19.8 Å².